The van der Waals surface area contributed by atoms with Crippen LogP contribution in [0.5, 0.6) is 0 Å². The molecule has 0 spiro atoms. The van der Waals surface area contributed by atoms with E-state index in [0.29, 0.717) is 0 Å². The van der Waals surface area contributed by atoms with Gasteiger partial charge in [-0.3, -0.25) is 4.98 Å². The van der Waals surface area contributed by atoms with Gasteiger partial charge < -0.3 is 5.73 Å². The number of pyridine rings is 1. The van der Waals surface area contributed by atoms with E-state index in [1.54, 1.807) is 0 Å². The molecule has 1 unspecified atom stereocenters. The lowest BCUT2D eigenvalue weighted by atomic mass is 10.0. The highest BCUT2D eigenvalue weighted by atomic mass is 19.1. The van der Waals surface area contributed by atoms with Gasteiger partial charge in [0.15, 0.2) is 0 Å². The number of halogens is 3. The Bertz CT molecular complexity index is 558. The minimum Gasteiger partial charge on any atom is -0.322 e. The lowest BCUT2D eigenvalue weighted by Gasteiger charge is -2.12. The fourth-order valence-corrected chi connectivity index (χ4v) is 1.70. The highest BCUT2D eigenvalue weighted by Crippen LogP contribution is 2.19. The van der Waals surface area contributed by atoms with Crippen molar-refractivity contribution in [3.8, 4) is 0 Å². The maximum atomic E-state index is 13.4. The third-order valence-corrected chi connectivity index (χ3v) is 2.59. The Morgan fingerprint density at radius 1 is 1.11 bits per heavy atom. The van der Waals surface area contributed by atoms with Gasteiger partial charge in [-0.05, 0) is 42.3 Å². The van der Waals surface area contributed by atoms with E-state index in [-0.39, 0.29) is 17.7 Å². The van der Waals surface area contributed by atoms with Crippen molar-refractivity contribution in [3.05, 3.63) is 65.2 Å². The Balaban J connectivity index is 2.24. The van der Waals surface area contributed by atoms with E-state index in [2.05, 4.69) is 4.98 Å². The largest absolute Gasteiger partial charge is 0.322 e. The zero-order valence-corrected chi connectivity index (χ0v) is 9.41. The number of rotatable bonds is 3. The van der Waals surface area contributed by atoms with Crippen molar-refractivity contribution >= 4 is 0 Å². The molecule has 1 heterocycles. The second-order valence-corrected chi connectivity index (χ2v) is 3.92. The molecule has 94 valence electrons. The molecule has 18 heavy (non-hydrogen) atoms. The quantitative estimate of drug-likeness (QED) is 0.912. The average Bonchev–Trinajstić information content (AvgIpc) is 2.34. The van der Waals surface area contributed by atoms with E-state index in [0.717, 1.165) is 18.2 Å². The fraction of sp³-hybridized carbons (Fsp3) is 0.154. The summed E-state index contributed by atoms with van der Waals surface area (Å²) in [7, 11) is 0. The number of hydrogen-bond donors (Lipinski definition) is 1. The van der Waals surface area contributed by atoms with Gasteiger partial charge in [0.2, 0.25) is 0 Å². The van der Waals surface area contributed by atoms with Crippen LogP contribution in [0.3, 0.4) is 0 Å². The van der Waals surface area contributed by atoms with E-state index in [4.69, 9.17) is 5.73 Å². The van der Waals surface area contributed by atoms with Gasteiger partial charge in [0.1, 0.15) is 17.5 Å². The van der Waals surface area contributed by atoms with Crippen molar-refractivity contribution in [1.82, 2.24) is 4.98 Å². The molecule has 2 aromatic rings. The second kappa shape index (κ2) is 5.18. The van der Waals surface area contributed by atoms with Crippen molar-refractivity contribution < 1.29 is 13.2 Å². The molecule has 0 radical (unpaired) electrons. The normalized spacial score (nSPS) is 12.4. The molecule has 5 heteroatoms. The molecule has 0 fully saturated rings. The molecule has 2 N–H and O–H groups in total. The topological polar surface area (TPSA) is 38.9 Å². The molecule has 0 amide bonds. The number of nitrogens with zero attached hydrogens (tertiary/aromatic N) is 1. The molecule has 0 aliphatic rings. The van der Waals surface area contributed by atoms with E-state index in [1.165, 1.54) is 18.3 Å². The number of nitrogens with two attached hydrogens (primary N) is 1. The molecule has 0 aliphatic carbocycles. The molecule has 2 nitrogen and oxygen atoms in total. The van der Waals surface area contributed by atoms with Crippen LogP contribution in [-0.4, -0.2) is 4.98 Å². The van der Waals surface area contributed by atoms with Crippen LogP contribution in [0.25, 0.3) is 0 Å². The zero-order chi connectivity index (χ0) is 13.1. The predicted octanol–water partition coefficient (Wildman–Crippen LogP) is 2.74. The number of benzene rings is 1. The Morgan fingerprint density at radius 3 is 2.61 bits per heavy atom. The third kappa shape index (κ3) is 2.68. The van der Waals surface area contributed by atoms with Crippen LogP contribution in [0.4, 0.5) is 13.2 Å². The van der Waals surface area contributed by atoms with Crippen LogP contribution in [-0.2, 0) is 6.42 Å². The lowest BCUT2D eigenvalue weighted by Crippen LogP contribution is -2.17. The summed E-state index contributed by atoms with van der Waals surface area (Å²) in [5.74, 6) is -1.68. The lowest BCUT2D eigenvalue weighted by molar-refractivity contribution is 0.544. The molecule has 1 aromatic heterocycles. The summed E-state index contributed by atoms with van der Waals surface area (Å²) >= 11 is 0. The van der Waals surface area contributed by atoms with Crippen LogP contribution in [0.2, 0.25) is 0 Å². The highest BCUT2D eigenvalue weighted by molar-refractivity contribution is 5.22. The fourth-order valence-electron chi connectivity index (χ4n) is 1.70. The number of hydrogen-bond acceptors (Lipinski definition) is 2. The first-order chi connectivity index (χ1) is 8.58. The summed E-state index contributed by atoms with van der Waals surface area (Å²) < 4.78 is 39.8. The molecule has 1 atom stereocenters. The van der Waals surface area contributed by atoms with Crippen LogP contribution in [0.1, 0.15) is 17.3 Å². The van der Waals surface area contributed by atoms with Crippen molar-refractivity contribution in [2.45, 2.75) is 12.5 Å². The van der Waals surface area contributed by atoms with Gasteiger partial charge in [0.05, 0.1) is 11.7 Å². The molecular weight excluding hydrogens is 241 g/mol. The second-order valence-electron chi connectivity index (χ2n) is 3.92. The smallest absolute Gasteiger partial charge is 0.146 e. The van der Waals surface area contributed by atoms with Crippen LogP contribution in [0.15, 0.2) is 36.5 Å². The van der Waals surface area contributed by atoms with Gasteiger partial charge in [-0.2, -0.15) is 0 Å². The molecule has 2 rings (SSSR count). The molecule has 0 saturated carbocycles. The van der Waals surface area contributed by atoms with Crippen molar-refractivity contribution in [3.63, 3.8) is 0 Å². The van der Waals surface area contributed by atoms with Gasteiger partial charge in [0, 0.05) is 6.20 Å². The van der Waals surface area contributed by atoms with Gasteiger partial charge >= 0.3 is 0 Å². The highest BCUT2D eigenvalue weighted by Gasteiger charge is 2.15. The summed E-state index contributed by atoms with van der Waals surface area (Å²) in [5, 5.41) is 0. The summed E-state index contributed by atoms with van der Waals surface area (Å²) in [6.07, 6.45) is 1.39. The Kier molecular flexibility index (Phi) is 3.62. The summed E-state index contributed by atoms with van der Waals surface area (Å²) in [6.45, 7) is 0. The summed E-state index contributed by atoms with van der Waals surface area (Å²) in [4.78, 5) is 3.81. The van der Waals surface area contributed by atoms with Gasteiger partial charge in [-0.15, -0.1) is 0 Å². The summed E-state index contributed by atoms with van der Waals surface area (Å²) in [5.41, 5.74) is 5.90. The summed E-state index contributed by atoms with van der Waals surface area (Å²) in [6, 6.07) is 4.94. The SMILES string of the molecule is NC(Cc1cc(F)ccc1F)c1ncccc1F. The molecule has 0 saturated heterocycles. The molecule has 0 bridgehead atoms. The van der Waals surface area contributed by atoms with Crippen LogP contribution < -0.4 is 5.73 Å². The molecule has 0 aliphatic heterocycles. The van der Waals surface area contributed by atoms with Crippen LogP contribution >= 0.6 is 0 Å². The van der Waals surface area contributed by atoms with E-state index in [1.807, 2.05) is 0 Å². The van der Waals surface area contributed by atoms with Crippen molar-refractivity contribution in [2.24, 2.45) is 5.73 Å². The first-order valence-corrected chi connectivity index (χ1v) is 5.38. The monoisotopic (exact) mass is 252 g/mol. The van der Waals surface area contributed by atoms with Gasteiger partial charge in [-0.1, -0.05) is 0 Å². The molecular formula is C13H11F3N2. The Hall–Kier alpha value is -1.88. The predicted molar refractivity (Wildman–Crippen MR) is 61.2 cm³/mol. The number of aromatic nitrogens is 1. The van der Waals surface area contributed by atoms with Crippen molar-refractivity contribution in [2.75, 3.05) is 0 Å². The van der Waals surface area contributed by atoms with E-state index < -0.39 is 23.5 Å². The Labute approximate surface area is 102 Å². The molecule has 1 aromatic carbocycles. The first-order valence-electron chi connectivity index (χ1n) is 5.38. The minimum absolute atomic E-state index is 0.0163. The Morgan fingerprint density at radius 2 is 1.89 bits per heavy atom. The maximum absolute atomic E-state index is 13.4. The maximum Gasteiger partial charge on any atom is 0.146 e. The average molecular weight is 252 g/mol. The van der Waals surface area contributed by atoms with Crippen molar-refractivity contribution in [1.29, 1.82) is 0 Å². The first kappa shape index (κ1) is 12.6. The standard InChI is InChI=1S/C13H11F3N2/c14-9-3-4-10(15)8(6-9)7-12(17)13-11(16)2-1-5-18-13/h1-6,12H,7,17H2. The van der Waals surface area contributed by atoms with E-state index >= 15 is 0 Å². The van der Waals surface area contributed by atoms with E-state index in [9.17, 15) is 13.2 Å². The minimum atomic E-state index is -0.817. The third-order valence-electron chi connectivity index (χ3n) is 2.59. The van der Waals surface area contributed by atoms with Gasteiger partial charge in [-0.25, -0.2) is 13.2 Å². The van der Waals surface area contributed by atoms with Crippen LogP contribution in [0, 0.1) is 17.5 Å². The zero-order valence-electron chi connectivity index (χ0n) is 9.41. The van der Waals surface area contributed by atoms with Gasteiger partial charge in [0.25, 0.3) is 0 Å².